The highest BCUT2D eigenvalue weighted by Gasteiger charge is 2.30. The van der Waals surface area contributed by atoms with Crippen molar-refractivity contribution in [3.8, 4) is 0 Å². The summed E-state index contributed by atoms with van der Waals surface area (Å²) in [5, 5.41) is 0.456. The van der Waals surface area contributed by atoms with Crippen LogP contribution in [0.15, 0.2) is 50.9 Å². The molecule has 2 rings (SSSR count). The van der Waals surface area contributed by atoms with Gasteiger partial charge in [-0.3, -0.25) is 0 Å². The van der Waals surface area contributed by atoms with Crippen LogP contribution in [0.5, 0.6) is 0 Å². The van der Waals surface area contributed by atoms with Gasteiger partial charge in [0.05, 0.1) is 5.56 Å². The van der Waals surface area contributed by atoms with Crippen LogP contribution in [0.25, 0.3) is 0 Å². The van der Waals surface area contributed by atoms with Crippen molar-refractivity contribution in [1.29, 1.82) is 0 Å². The molecule has 0 saturated heterocycles. The van der Waals surface area contributed by atoms with Crippen LogP contribution in [-0.2, 0) is 6.18 Å². The molecule has 0 aliphatic heterocycles. The lowest BCUT2D eigenvalue weighted by molar-refractivity contribution is -0.137. The van der Waals surface area contributed by atoms with Gasteiger partial charge in [0.2, 0.25) is 0 Å². The molecule has 1 aromatic heterocycles. The number of aromatic nitrogens is 1. The van der Waals surface area contributed by atoms with Gasteiger partial charge in [0.1, 0.15) is 5.03 Å². The topological polar surface area (TPSA) is 38.9 Å². The second-order valence-electron chi connectivity index (χ2n) is 3.67. The maximum absolute atomic E-state index is 12.4. The highest BCUT2D eigenvalue weighted by atomic mass is 79.9. The molecular weight excluding hydrogens is 341 g/mol. The molecule has 0 saturated carbocycles. The predicted octanol–water partition coefficient (Wildman–Crippen LogP) is 4.60. The van der Waals surface area contributed by atoms with Crippen LogP contribution >= 0.6 is 27.7 Å². The summed E-state index contributed by atoms with van der Waals surface area (Å²) in [5.74, 6) is 0. The monoisotopic (exact) mass is 348 g/mol. The first-order valence-corrected chi connectivity index (χ1v) is 6.73. The molecule has 1 aromatic carbocycles. The van der Waals surface area contributed by atoms with Crippen LogP contribution in [0.3, 0.4) is 0 Å². The number of nitrogens with two attached hydrogens (primary N) is 1. The molecule has 2 nitrogen and oxygen atoms in total. The Kier molecular flexibility index (Phi) is 4.05. The molecule has 0 unspecified atom stereocenters. The summed E-state index contributed by atoms with van der Waals surface area (Å²) >= 11 is 4.52. The lowest BCUT2D eigenvalue weighted by atomic mass is 10.3. The third-order valence-corrected chi connectivity index (χ3v) is 3.77. The van der Waals surface area contributed by atoms with Crippen LogP contribution in [0.4, 0.5) is 18.9 Å². The Labute approximate surface area is 120 Å². The Balaban J connectivity index is 2.22. The van der Waals surface area contributed by atoms with Crippen molar-refractivity contribution in [2.75, 3.05) is 5.73 Å². The summed E-state index contributed by atoms with van der Waals surface area (Å²) < 4.78 is 38.0. The van der Waals surface area contributed by atoms with E-state index in [2.05, 4.69) is 20.9 Å². The Bertz CT molecular complexity index is 585. The first-order valence-electron chi connectivity index (χ1n) is 5.12. The van der Waals surface area contributed by atoms with Gasteiger partial charge in [-0.1, -0.05) is 27.7 Å². The number of anilines is 1. The fourth-order valence-corrected chi connectivity index (χ4v) is 2.67. The van der Waals surface area contributed by atoms with Gasteiger partial charge in [-0.15, -0.1) is 0 Å². The molecule has 19 heavy (non-hydrogen) atoms. The minimum Gasteiger partial charge on any atom is -0.398 e. The van der Waals surface area contributed by atoms with Gasteiger partial charge in [-0.2, -0.15) is 13.2 Å². The van der Waals surface area contributed by atoms with Gasteiger partial charge in [0.15, 0.2) is 0 Å². The first-order chi connectivity index (χ1) is 8.86. The summed E-state index contributed by atoms with van der Waals surface area (Å²) in [6.07, 6.45) is -3.55. The highest BCUT2D eigenvalue weighted by Crippen LogP contribution is 2.34. The second kappa shape index (κ2) is 5.42. The molecule has 0 fully saturated rings. The van der Waals surface area contributed by atoms with E-state index >= 15 is 0 Å². The van der Waals surface area contributed by atoms with Crippen molar-refractivity contribution in [1.82, 2.24) is 4.98 Å². The Hall–Kier alpha value is -1.21. The fourth-order valence-electron chi connectivity index (χ4n) is 1.32. The van der Waals surface area contributed by atoms with E-state index in [9.17, 15) is 13.2 Å². The molecule has 1 heterocycles. The number of alkyl halides is 3. The molecule has 0 aliphatic rings. The van der Waals surface area contributed by atoms with Gasteiger partial charge in [0, 0.05) is 21.3 Å². The third kappa shape index (κ3) is 3.63. The zero-order chi connectivity index (χ0) is 14.0. The van der Waals surface area contributed by atoms with Crippen molar-refractivity contribution in [2.24, 2.45) is 0 Å². The number of pyridine rings is 1. The quantitative estimate of drug-likeness (QED) is 0.806. The molecule has 0 bridgehead atoms. The smallest absolute Gasteiger partial charge is 0.398 e. The first kappa shape index (κ1) is 14.2. The fraction of sp³-hybridized carbons (Fsp3) is 0.0833. The number of nitrogens with zero attached hydrogens (tertiary/aromatic N) is 1. The van der Waals surface area contributed by atoms with E-state index < -0.39 is 11.7 Å². The second-order valence-corrected chi connectivity index (χ2v) is 5.64. The minimum atomic E-state index is -4.37. The van der Waals surface area contributed by atoms with Gasteiger partial charge >= 0.3 is 6.18 Å². The van der Waals surface area contributed by atoms with Crippen LogP contribution in [-0.4, -0.2) is 4.98 Å². The minimum absolute atomic E-state index is 0.456. The van der Waals surface area contributed by atoms with E-state index in [1.165, 1.54) is 17.8 Å². The molecule has 7 heteroatoms. The number of hydrogen-bond donors (Lipinski definition) is 1. The van der Waals surface area contributed by atoms with E-state index in [0.717, 1.165) is 21.6 Å². The van der Waals surface area contributed by atoms with Crippen LogP contribution < -0.4 is 5.73 Å². The summed E-state index contributed by atoms with van der Waals surface area (Å²) in [6.45, 7) is 0. The molecule has 0 amide bonds. The van der Waals surface area contributed by atoms with Crippen molar-refractivity contribution in [3.05, 3.63) is 46.6 Å². The van der Waals surface area contributed by atoms with Crippen LogP contribution in [0.2, 0.25) is 0 Å². The predicted molar refractivity (Wildman–Crippen MR) is 71.9 cm³/mol. The van der Waals surface area contributed by atoms with Crippen molar-refractivity contribution in [3.63, 3.8) is 0 Å². The lowest BCUT2D eigenvalue weighted by Crippen LogP contribution is -2.05. The van der Waals surface area contributed by atoms with E-state index in [1.807, 2.05) is 0 Å². The van der Waals surface area contributed by atoms with Gasteiger partial charge in [-0.05, 0) is 30.3 Å². The maximum atomic E-state index is 12.4. The van der Waals surface area contributed by atoms with E-state index in [-0.39, 0.29) is 0 Å². The standard InChI is InChI=1S/C12H8BrF3N2S/c13-8-2-3-9(17)10(5-8)19-11-4-1-7(6-18-11)12(14,15)16/h1-6H,17H2. The molecule has 0 radical (unpaired) electrons. The lowest BCUT2D eigenvalue weighted by Gasteiger charge is -2.08. The van der Waals surface area contributed by atoms with Crippen LogP contribution in [0.1, 0.15) is 5.56 Å². The van der Waals surface area contributed by atoms with Gasteiger partial charge in [-0.25, -0.2) is 4.98 Å². The average molecular weight is 349 g/mol. The van der Waals surface area contributed by atoms with Gasteiger partial charge in [0.25, 0.3) is 0 Å². The molecular formula is C12H8BrF3N2S. The van der Waals surface area contributed by atoms with Crippen molar-refractivity contribution < 1.29 is 13.2 Å². The van der Waals surface area contributed by atoms with E-state index in [0.29, 0.717) is 10.7 Å². The Morgan fingerprint density at radius 1 is 1.16 bits per heavy atom. The van der Waals surface area contributed by atoms with Crippen LogP contribution in [0, 0.1) is 0 Å². The SMILES string of the molecule is Nc1ccc(Br)cc1Sc1ccc(C(F)(F)F)cn1. The maximum Gasteiger partial charge on any atom is 0.417 e. The number of halogens is 4. The largest absolute Gasteiger partial charge is 0.417 e. The average Bonchev–Trinajstić information content (AvgIpc) is 2.33. The number of rotatable bonds is 2. The molecule has 100 valence electrons. The number of hydrogen-bond acceptors (Lipinski definition) is 3. The Morgan fingerprint density at radius 2 is 1.89 bits per heavy atom. The highest BCUT2D eigenvalue weighted by molar-refractivity contribution is 9.10. The number of benzene rings is 1. The molecule has 0 atom stereocenters. The summed E-state index contributed by atoms with van der Waals surface area (Å²) in [4.78, 5) is 4.52. The molecule has 2 aromatic rings. The van der Waals surface area contributed by atoms with Gasteiger partial charge < -0.3 is 5.73 Å². The normalized spacial score (nSPS) is 11.6. The van der Waals surface area contributed by atoms with Crippen molar-refractivity contribution >= 4 is 33.4 Å². The Morgan fingerprint density at radius 3 is 2.47 bits per heavy atom. The zero-order valence-electron chi connectivity index (χ0n) is 9.41. The van der Waals surface area contributed by atoms with Crippen molar-refractivity contribution in [2.45, 2.75) is 16.1 Å². The third-order valence-electron chi connectivity index (χ3n) is 2.25. The molecule has 0 spiro atoms. The summed E-state index contributed by atoms with van der Waals surface area (Å²) in [5.41, 5.74) is 5.57. The van der Waals surface area contributed by atoms with E-state index in [4.69, 9.17) is 5.73 Å². The summed E-state index contributed by atoms with van der Waals surface area (Å²) in [6, 6.07) is 7.63. The van der Waals surface area contributed by atoms with E-state index in [1.54, 1.807) is 18.2 Å². The molecule has 0 aliphatic carbocycles. The zero-order valence-corrected chi connectivity index (χ0v) is 11.8. The summed E-state index contributed by atoms with van der Waals surface area (Å²) in [7, 11) is 0. The number of nitrogen functional groups attached to an aromatic ring is 1. The molecule has 2 N–H and O–H groups in total.